The lowest BCUT2D eigenvalue weighted by Gasteiger charge is -2.11. The summed E-state index contributed by atoms with van der Waals surface area (Å²) < 4.78 is 15.4. The van der Waals surface area contributed by atoms with E-state index in [0.29, 0.717) is 17.5 Å². The summed E-state index contributed by atoms with van der Waals surface area (Å²) in [6.07, 6.45) is 0. The normalized spacial score (nSPS) is 11.9. The van der Waals surface area contributed by atoms with Crippen molar-refractivity contribution < 1.29 is 8.83 Å². The van der Waals surface area contributed by atoms with E-state index in [-0.39, 0.29) is 0 Å². The van der Waals surface area contributed by atoms with Gasteiger partial charge < -0.3 is 13.4 Å². The Morgan fingerprint density at radius 2 is 0.877 bits per heavy atom. The van der Waals surface area contributed by atoms with Crippen molar-refractivity contribution in [3.63, 3.8) is 0 Å². The molecule has 12 aromatic rings. The van der Waals surface area contributed by atoms with Crippen LogP contribution in [0.5, 0.6) is 0 Å². The fourth-order valence-corrected chi connectivity index (χ4v) is 8.38. The maximum Gasteiger partial charge on any atom is 0.164 e. The van der Waals surface area contributed by atoms with Crippen LogP contribution in [0.25, 0.3) is 117 Å². The van der Waals surface area contributed by atoms with E-state index in [4.69, 9.17) is 23.8 Å². The van der Waals surface area contributed by atoms with Crippen molar-refractivity contribution in [2.24, 2.45) is 0 Å². The van der Waals surface area contributed by atoms with Gasteiger partial charge in [0.25, 0.3) is 0 Å². The van der Waals surface area contributed by atoms with Gasteiger partial charge in [0.05, 0.1) is 11.0 Å². The molecule has 6 nitrogen and oxygen atoms in total. The molecule has 4 aromatic heterocycles. The van der Waals surface area contributed by atoms with E-state index in [2.05, 4.69) is 120 Å². The third-order valence-corrected chi connectivity index (χ3v) is 11.0. The SMILES string of the molecule is c1ccc(-c2nc(-c3ccc4c(c3)oc3c(-c5ccccc5)cc(-n5c6ccccc6c6ccccc65)cc34)nc(-c3ccc4oc5ccccc5c4c3)n2)cc1. The number of benzene rings is 8. The van der Waals surface area contributed by atoms with Crippen LogP contribution in [0, 0.1) is 0 Å². The number of aromatic nitrogens is 4. The molecule has 0 bridgehead atoms. The number of hydrogen-bond acceptors (Lipinski definition) is 5. The first-order valence-electron chi connectivity index (χ1n) is 19.0. The first kappa shape index (κ1) is 31.5. The smallest absolute Gasteiger partial charge is 0.164 e. The number of nitrogens with zero attached hydrogens (tertiary/aromatic N) is 4. The lowest BCUT2D eigenvalue weighted by Crippen LogP contribution is -2.00. The van der Waals surface area contributed by atoms with Crippen molar-refractivity contribution in [2.75, 3.05) is 0 Å². The first-order chi connectivity index (χ1) is 28.2. The molecule has 0 radical (unpaired) electrons. The Morgan fingerprint density at radius 3 is 1.60 bits per heavy atom. The number of rotatable bonds is 5. The summed E-state index contributed by atoms with van der Waals surface area (Å²) in [6, 6.07) is 62.8. The quantitative estimate of drug-likeness (QED) is 0.176. The van der Waals surface area contributed by atoms with Gasteiger partial charge in [0, 0.05) is 60.3 Å². The van der Waals surface area contributed by atoms with Gasteiger partial charge in [0.15, 0.2) is 17.5 Å². The van der Waals surface area contributed by atoms with Gasteiger partial charge in [-0.15, -0.1) is 0 Å². The zero-order valence-electron chi connectivity index (χ0n) is 30.4. The first-order valence-corrected chi connectivity index (χ1v) is 19.0. The summed E-state index contributed by atoms with van der Waals surface area (Å²) >= 11 is 0. The van der Waals surface area contributed by atoms with Gasteiger partial charge in [-0.1, -0.05) is 121 Å². The van der Waals surface area contributed by atoms with Gasteiger partial charge in [-0.3, -0.25) is 0 Å². The summed E-state index contributed by atoms with van der Waals surface area (Å²) in [7, 11) is 0. The predicted molar refractivity (Wildman–Crippen MR) is 230 cm³/mol. The Balaban J connectivity index is 1.06. The third-order valence-electron chi connectivity index (χ3n) is 11.0. The van der Waals surface area contributed by atoms with Crippen LogP contribution in [0.15, 0.2) is 191 Å². The lowest BCUT2D eigenvalue weighted by molar-refractivity contribution is 0.669. The molecule has 0 unspecified atom stereocenters. The van der Waals surface area contributed by atoms with Crippen molar-refractivity contribution in [3.8, 4) is 51.0 Å². The van der Waals surface area contributed by atoms with E-state index < -0.39 is 0 Å². The van der Waals surface area contributed by atoms with Crippen molar-refractivity contribution >= 4 is 65.7 Å². The van der Waals surface area contributed by atoms with Gasteiger partial charge >= 0.3 is 0 Å². The molecule has 0 fully saturated rings. The van der Waals surface area contributed by atoms with Crippen LogP contribution in [0.1, 0.15) is 0 Å². The number of para-hydroxylation sites is 3. The molecular formula is C51H30N4O2. The third kappa shape index (κ3) is 5.01. The molecule has 4 heterocycles. The van der Waals surface area contributed by atoms with Crippen molar-refractivity contribution in [2.45, 2.75) is 0 Å². The van der Waals surface area contributed by atoms with Gasteiger partial charge in [0.1, 0.15) is 22.3 Å². The number of furan rings is 2. The highest BCUT2D eigenvalue weighted by Gasteiger charge is 2.20. The largest absolute Gasteiger partial charge is 0.456 e. The second kappa shape index (κ2) is 12.3. The molecule has 0 saturated heterocycles. The Kier molecular flexibility index (Phi) is 6.83. The number of hydrogen-bond donors (Lipinski definition) is 0. The van der Waals surface area contributed by atoms with E-state index >= 15 is 0 Å². The summed E-state index contributed by atoms with van der Waals surface area (Å²) in [5.41, 5.74) is 11.4. The van der Waals surface area contributed by atoms with Crippen LogP contribution < -0.4 is 0 Å². The van der Waals surface area contributed by atoms with E-state index in [0.717, 1.165) is 88.4 Å². The van der Waals surface area contributed by atoms with E-state index in [9.17, 15) is 0 Å². The molecule has 6 heteroatoms. The Morgan fingerprint density at radius 1 is 0.333 bits per heavy atom. The van der Waals surface area contributed by atoms with Gasteiger partial charge in [0.2, 0.25) is 0 Å². The highest BCUT2D eigenvalue weighted by atomic mass is 16.3. The summed E-state index contributed by atoms with van der Waals surface area (Å²) in [5, 5.41) is 6.57. The zero-order valence-corrected chi connectivity index (χ0v) is 30.4. The van der Waals surface area contributed by atoms with Crippen molar-refractivity contribution in [1.29, 1.82) is 0 Å². The minimum Gasteiger partial charge on any atom is -0.456 e. The minimum absolute atomic E-state index is 0.563. The van der Waals surface area contributed by atoms with Gasteiger partial charge in [-0.25, -0.2) is 15.0 Å². The van der Waals surface area contributed by atoms with E-state index in [1.54, 1.807) is 0 Å². The second-order valence-corrected chi connectivity index (χ2v) is 14.4. The van der Waals surface area contributed by atoms with Crippen molar-refractivity contribution in [3.05, 3.63) is 182 Å². The Labute approximate surface area is 325 Å². The fourth-order valence-electron chi connectivity index (χ4n) is 8.38. The molecule has 0 aliphatic rings. The summed E-state index contributed by atoms with van der Waals surface area (Å²) in [6.45, 7) is 0. The monoisotopic (exact) mass is 730 g/mol. The fraction of sp³-hybridized carbons (Fsp3) is 0. The standard InChI is InChI=1S/C51H30N4O2/c1-3-13-31(14-4-1)40-29-35(55-43-20-10-7-17-36(43)37-18-8-11-21-44(37)55)30-42-39-25-23-34(28-47(39)57-48(40)42)51-53-49(32-15-5-2-6-16-32)52-50(54-51)33-24-26-46-41(27-33)38-19-9-12-22-45(38)56-46/h1-30H. The van der Waals surface area contributed by atoms with Crippen molar-refractivity contribution in [1.82, 2.24) is 19.5 Å². The molecule has 0 aliphatic heterocycles. The van der Waals surface area contributed by atoms with Gasteiger partial charge in [-0.2, -0.15) is 0 Å². The average molecular weight is 731 g/mol. The zero-order chi connectivity index (χ0) is 37.5. The number of fused-ring (bicyclic) bond motifs is 9. The second-order valence-electron chi connectivity index (χ2n) is 14.4. The molecule has 0 spiro atoms. The van der Waals surface area contributed by atoms with Crippen LogP contribution in [0.2, 0.25) is 0 Å². The molecule has 0 atom stereocenters. The molecule has 0 N–H and O–H groups in total. The molecule has 0 amide bonds. The molecule has 0 saturated carbocycles. The van der Waals surface area contributed by atoms with Crippen LogP contribution in [-0.2, 0) is 0 Å². The molecule has 266 valence electrons. The molecular weight excluding hydrogens is 701 g/mol. The Bertz CT molecular complexity index is 3470. The summed E-state index contributed by atoms with van der Waals surface area (Å²) in [5.74, 6) is 1.74. The Hall–Kier alpha value is -7.83. The van der Waals surface area contributed by atoms with Gasteiger partial charge in [-0.05, 0) is 66.2 Å². The van der Waals surface area contributed by atoms with Crippen LogP contribution >= 0.6 is 0 Å². The highest BCUT2D eigenvalue weighted by Crippen LogP contribution is 2.41. The molecule has 0 aliphatic carbocycles. The predicted octanol–water partition coefficient (Wildman–Crippen LogP) is 13.4. The van der Waals surface area contributed by atoms with Crippen LogP contribution in [0.4, 0.5) is 0 Å². The van der Waals surface area contributed by atoms with Crippen LogP contribution in [-0.4, -0.2) is 19.5 Å². The van der Waals surface area contributed by atoms with E-state index in [1.165, 1.54) is 10.8 Å². The average Bonchev–Trinajstić information content (AvgIpc) is 3.95. The maximum atomic E-state index is 6.87. The van der Waals surface area contributed by atoms with Crippen LogP contribution in [0.3, 0.4) is 0 Å². The molecule has 57 heavy (non-hydrogen) atoms. The van der Waals surface area contributed by atoms with E-state index in [1.807, 2.05) is 66.7 Å². The summed E-state index contributed by atoms with van der Waals surface area (Å²) in [4.78, 5) is 15.2. The lowest BCUT2D eigenvalue weighted by atomic mass is 10.0. The minimum atomic E-state index is 0.563. The maximum absolute atomic E-state index is 6.87. The topological polar surface area (TPSA) is 69.9 Å². The molecule has 12 rings (SSSR count). The molecule has 8 aromatic carbocycles. The highest BCUT2D eigenvalue weighted by molar-refractivity contribution is 6.13.